The second kappa shape index (κ2) is 6.35. The van der Waals surface area contributed by atoms with Crippen molar-refractivity contribution in [2.75, 3.05) is 19.4 Å². The number of nitrogens with one attached hydrogen (secondary N) is 1. The highest BCUT2D eigenvalue weighted by molar-refractivity contribution is 7.92. The second-order valence-corrected chi connectivity index (χ2v) is 7.80. The fourth-order valence-corrected chi connectivity index (χ4v) is 5.52. The van der Waals surface area contributed by atoms with Gasteiger partial charge in [-0.2, -0.15) is 0 Å². The van der Waals surface area contributed by atoms with Crippen molar-refractivity contribution < 1.29 is 13.2 Å². The highest BCUT2D eigenvalue weighted by Crippen LogP contribution is 2.26. The Morgan fingerprint density at radius 1 is 1.11 bits per heavy atom. The van der Waals surface area contributed by atoms with Gasteiger partial charge in [0, 0.05) is 12.6 Å². The summed E-state index contributed by atoms with van der Waals surface area (Å²) >= 11 is 0. The van der Waals surface area contributed by atoms with E-state index in [2.05, 4.69) is 5.32 Å². The van der Waals surface area contributed by atoms with Gasteiger partial charge >= 0.3 is 0 Å². The number of sulfone groups is 1. The van der Waals surface area contributed by atoms with E-state index in [-0.39, 0.29) is 23.1 Å². The lowest BCUT2D eigenvalue weighted by Crippen LogP contribution is -2.44. The molecular formula is C13H25NO3S. The quantitative estimate of drug-likeness (QED) is 0.790. The zero-order valence-electron chi connectivity index (χ0n) is 11.2. The van der Waals surface area contributed by atoms with Crippen molar-refractivity contribution in [1.82, 2.24) is 5.32 Å². The molecule has 1 aliphatic heterocycles. The van der Waals surface area contributed by atoms with Crippen molar-refractivity contribution in [2.45, 2.75) is 62.3 Å². The molecule has 106 valence electrons. The minimum Gasteiger partial charge on any atom is -0.377 e. The smallest absolute Gasteiger partial charge is 0.157 e. The molecule has 1 saturated carbocycles. The zero-order valence-corrected chi connectivity index (χ0v) is 12.0. The maximum atomic E-state index is 12.5. The molecule has 0 amide bonds. The molecule has 0 aromatic heterocycles. The highest BCUT2D eigenvalue weighted by Gasteiger charge is 2.35. The van der Waals surface area contributed by atoms with Crippen molar-refractivity contribution in [3.05, 3.63) is 0 Å². The second-order valence-electron chi connectivity index (χ2n) is 5.54. The van der Waals surface area contributed by atoms with Crippen molar-refractivity contribution >= 4 is 9.84 Å². The molecule has 2 fully saturated rings. The molecule has 3 unspecified atom stereocenters. The molecule has 1 aliphatic carbocycles. The van der Waals surface area contributed by atoms with Gasteiger partial charge in [0.25, 0.3) is 0 Å². The Labute approximate surface area is 110 Å². The molecule has 1 heterocycles. The largest absolute Gasteiger partial charge is 0.377 e. The fourth-order valence-electron chi connectivity index (χ4n) is 3.19. The fraction of sp³-hybridized carbons (Fsp3) is 1.00. The van der Waals surface area contributed by atoms with Gasteiger partial charge in [-0.25, -0.2) is 8.42 Å². The molecule has 4 nitrogen and oxygen atoms in total. The van der Waals surface area contributed by atoms with Crippen molar-refractivity contribution in [1.29, 1.82) is 0 Å². The summed E-state index contributed by atoms with van der Waals surface area (Å²) in [4.78, 5) is 0. The third-order valence-electron chi connectivity index (χ3n) is 4.23. The Morgan fingerprint density at radius 2 is 1.89 bits per heavy atom. The van der Waals surface area contributed by atoms with E-state index in [0.717, 1.165) is 51.6 Å². The van der Waals surface area contributed by atoms with Crippen LogP contribution in [-0.4, -0.2) is 45.2 Å². The summed E-state index contributed by atoms with van der Waals surface area (Å²) < 4.78 is 30.6. The molecule has 3 atom stereocenters. The summed E-state index contributed by atoms with van der Waals surface area (Å²) in [7, 11) is -1.16. The molecule has 1 N–H and O–H groups in total. The topological polar surface area (TPSA) is 55.4 Å². The molecule has 2 rings (SSSR count). The van der Waals surface area contributed by atoms with Gasteiger partial charge in [0.2, 0.25) is 0 Å². The van der Waals surface area contributed by atoms with E-state index in [4.69, 9.17) is 4.74 Å². The van der Waals surface area contributed by atoms with E-state index < -0.39 is 9.84 Å². The number of hydrogen-bond acceptors (Lipinski definition) is 4. The van der Waals surface area contributed by atoms with Crippen LogP contribution in [0.15, 0.2) is 0 Å². The van der Waals surface area contributed by atoms with E-state index in [9.17, 15) is 8.42 Å². The van der Waals surface area contributed by atoms with Crippen LogP contribution in [0.3, 0.4) is 0 Å². The monoisotopic (exact) mass is 275 g/mol. The Bertz CT molecular complexity index is 349. The Morgan fingerprint density at radius 3 is 2.56 bits per heavy atom. The molecule has 1 saturated heterocycles. The zero-order chi connectivity index (χ0) is 13.0. The molecule has 18 heavy (non-hydrogen) atoms. The van der Waals surface area contributed by atoms with Crippen LogP contribution in [0.25, 0.3) is 0 Å². The summed E-state index contributed by atoms with van der Waals surface area (Å²) in [5.74, 6) is 0.218. The van der Waals surface area contributed by atoms with E-state index in [1.165, 1.54) is 0 Å². The SMILES string of the molecule is CNC1CCCCCC1S(=O)(=O)CC1CCCO1. The minimum absolute atomic E-state index is 0.0595. The Kier molecular flexibility index (Phi) is 5.04. The van der Waals surface area contributed by atoms with E-state index >= 15 is 0 Å². The third-order valence-corrected chi connectivity index (χ3v) is 6.55. The molecule has 0 aromatic rings. The molecule has 5 heteroatoms. The molecular weight excluding hydrogens is 250 g/mol. The third kappa shape index (κ3) is 3.45. The Hall–Kier alpha value is -0.130. The van der Waals surface area contributed by atoms with Gasteiger partial charge in [0.1, 0.15) is 0 Å². The average molecular weight is 275 g/mol. The van der Waals surface area contributed by atoms with E-state index in [1.807, 2.05) is 7.05 Å². The Balaban J connectivity index is 2.05. The van der Waals surface area contributed by atoms with E-state index in [0.29, 0.717) is 0 Å². The molecule has 0 bridgehead atoms. The van der Waals surface area contributed by atoms with Gasteiger partial charge < -0.3 is 10.1 Å². The minimum atomic E-state index is -3.04. The molecule has 2 aliphatic rings. The van der Waals surface area contributed by atoms with Crippen LogP contribution in [0.1, 0.15) is 44.9 Å². The summed E-state index contributed by atoms with van der Waals surface area (Å²) in [6.07, 6.45) is 6.95. The summed E-state index contributed by atoms with van der Waals surface area (Å²) in [6.45, 7) is 0.723. The standard InChI is InChI=1S/C13H25NO3S/c1-14-12-7-3-2-4-8-13(12)18(15,16)10-11-6-5-9-17-11/h11-14H,2-10H2,1H3. The van der Waals surface area contributed by atoms with Gasteiger partial charge in [-0.05, 0) is 32.7 Å². The first kappa shape index (κ1) is 14.3. The predicted octanol–water partition coefficient (Wildman–Crippen LogP) is 1.50. The first-order valence-corrected chi connectivity index (χ1v) is 8.85. The van der Waals surface area contributed by atoms with Crippen LogP contribution in [-0.2, 0) is 14.6 Å². The maximum absolute atomic E-state index is 12.5. The van der Waals surface area contributed by atoms with Gasteiger partial charge in [-0.1, -0.05) is 19.3 Å². The van der Waals surface area contributed by atoms with Crippen LogP contribution in [0.4, 0.5) is 0 Å². The van der Waals surface area contributed by atoms with Crippen molar-refractivity contribution in [3.63, 3.8) is 0 Å². The van der Waals surface area contributed by atoms with Gasteiger partial charge in [0.05, 0.1) is 17.1 Å². The number of rotatable bonds is 4. The number of hydrogen-bond donors (Lipinski definition) is 1. The first-order valence-electron chi connectivity index (χ1n) is 7.14. The van der Waals surface area contributed by atoms with Crippen molar-refractivity contribution in [3.8, 4) is 0 Å². The number of ether oxygens (including phenoxy) is 1. The van der Waals surface area contributed by atoms with Crippen LogP contribution >= 0.6 is 0 Å². The van der Waals surface area contributed by atoms with E-state index in [1.54, 1.807) is 0 Å². The van der Waals surface area contributed by atoms with Gasteiger partial charge in [0.15, 0.2) is 9.84 Å². The van der Waals surface area contributed by atoms with Crippen LogP contribution in [0.2, 0.25) is 0 Å². The first-order chi connectivity index (χ1) is 8.63. The van der Waals surface area contributed by atoms with Crippen LogP contribution in [0, 0.1) is 0 Å². The van der Waals surface area contributed by atoms with Crippen LogP contribution in [0.5, 0.6) is 0 Å². The summed E-state index contributed by atoms with van der Waals surface area (Å²) in [5, 5.41) is 2.99. The lowest BCUT2D eigenvalue weighted by molar-refractivity contribution is 0.127. The maximum Gasteiger partial charge on any atom is 0.157 e. The van der Waals surface area contributed by atoms with Gasteiger partial charge in [-0.15, -0.1) is 0 Å². The molecule has 0 radical (unpaired) electrons. The predicted molar refractivity (Wildman–Crippen MR) is 72.5 cm³/mol. The average Bonchev–Trinajstić information content (AvgIpc) is 2.69. The molecule has 0 spiro atoms. The normalized spacial score (nSPS) is 34.4. The lowest BCUT2D eigenvalue weighted by Gasteiger charge is -2.25. The van der Waals surface area contributed by atoms with Crippen LogP contribution < -0.4 is 5.32 Å². The molecule has 0 aromatic carbocycles. The highest BCUT2D eigenvalue weighted by atomic mass is 32.2. The summed E-state index contributed by atoms with van der Waals surface area (Å²) in [5.41, 5.74) is 0. The van der Waals surface area contributed by atoms with Gasteiger partial charge in [-0.3, -0.25) is 0 Å². The lowest BCUT2D eigenvalue weighted by atomic mass is 10.1. The summed E-state index contributed by atoms with van der Waals surface area (Å²) in [6, 6.07) is 0.124. The van der Waals surface area contributed by atoms with Crippen molar-refractivity contribution in [2.24, 2.45) is 0 Å².